The molecule has 0 aliphatic carbocycles. The Bertz CT molecular complexity index is 378. The molecule has 0 atom stereocenters. The van der Waals surface area contributed by atoms with E-state index in [4.69, 9.17) is 4.55 Å². The Morgan fingerprint density at radius 2 is 1.37 bits per heavy atom. The molecule has 0 saturated heterocycles. The maximum absolute atomic E-state index is 10.4. The molecule has 3 nitrogen and oxygen atoms in total. The summed E-state index contributed by atoms with van der Waals surface area (Å²) in [6, 6.07) is 0. The molecular formula is C15H26O3S. The van der Waals surface area contributed by atoms with Crippen molar-refractivity contribution in [1.29, 1.82) is 0 Å². The topological polar surface area (TPSA) is 54.4 Å². The van der Waals surface area contributed by atoms with Crippen LogP contribution in [-0.2, 0) is 10.1 Å². The second-order valence-electron chi connectivity index (χ2n) is 4.49. The summed E-state index contributed by atoms with van der Waals surface area (Å²) < 4.78 is 29.4. The van der Waals surface area contributed by atoms with E-state index in [0.29, 0.717) is 6.42 Å². The molecule has 0 aromatic heterocycles. The van der Waals surface area contributed by atoms with Gasteiger partial charge in [0.05, 0.1) is 5.75 Å². The molecule has 110 valence electrons. The van der Waals surface area contributed by atoms with Gasteiger partial charge in [0.1, 0.15) is 0 Å². The largest absolute Gasteiger partial charge is 0.286 e. The van der Waals surface area contributed by atoms with Gasteiger partial charge in [0.2, 0.25) is 0 Å². The first-order chi connectivity index (χ1) is 9.06. The van der Waals surface area contributed by atoms with E-state index in [1.165, 1.54) is 32.1 Å². The van der Waals surface area contributed by atoms with Crippen molar-refractivity contribution in [3.63, 3.8) is 0 Å². The van der Waals surface area contributed by atoms with Gasteiger partial charge in [-0.05, 0) is 39.0 Å². The SMILES string of the molecule is C/C=C/CCCCCC/C=C/C=C/CCS(=O)(=O)O. The third-order valence-electron chi connectivity index (χ3n) is 2.65. The molecule has 0 radical (unpaired) electrons. The van der Waals surface area contributed by atoms with E-state index in [-0.39, 0.29) is 5.75 Å². The normalized spacial score (nSPS) is 13.2. The lowest BCUT2D eigenvalue weighted by atomic mass is 10.1. The fourth-order valence-electron chi connectivity index (χ4n) is 1.61. The van der Waals surface area contributed by atoms with Crippen LogP contribution in [-0.4, -0.2) is 18.7 Å². The smallest absolute Gasteiger partial charge is 0.265 e. The van der Waals surface area contributed by atoms with Gasteiger partial charge in [0.25, 0.3) is 10.1 Å². The molecule has 0 aromatic rings. The molecule has 0 bridgehead atoms. The van der Waals surface area contributed by atoms with Crippen LogP contribution in [0, 0.1) is 0 Å². The van der Waals surface area contributed by atoms with Crippen molar-refractivity contribution in [1.82, 2.24) is 0 Å². The van der Waals surface area contributed by atoms with Gasteiger partial charge < -0.3 is 0 Å². The van der Waals surface area contributed by atoms with Gasteiger partial charge >= 0.3 is 0 Å². The highest BCUT2D eigenvalue weighted by molar-refractivity contribution is 7.85. The second kappa shape index (κ2) is 12.2. The Labute approximate surface area is 117 Å². The Morgan fingerprint density at radius 3 is 1.89 bits per heavy atom. The Hall–Kier alpha value is -0.870. The first kappa shape index (κ1) is 18.1. The number of unbranched alkanes of at least 4 members (excludes halogenated alkanes) is 5. The molecule has 0 aliphatic rings. The van der Waals surface area contributed by atoms with Gasteiger partial charge in [-0.2, -0.15) is 8.42 Å². The van der Waals surface area contributed by atoms with Crippen molar-refractivity contribution in [2.45, 2.75) is 51.9 Å². The summed E-state index contributed by atoms with van der Waals surface area (Å²) in [5, 5.41) is 0. The number of rotatable bonds is 11. The average molecular weight is 286 g/mol. The van der Waals surface area contributed by atoms with Crippen LogP contribution in [0.1, 0.15) is 51.9 Å². The zero-order valence-corrected chi connectivity index (χ0v) is 12.6. The number of allylic oxidation sites excluding steroid dienone is 6. The molecule has 4 heteroatoms. The summed E-state index contributed by atoms with van der Waals surface area (Å²) in [7, 11) is -3.82. The second-order valence-corrected chi connectivity index (χ2v) is 6.06. The van der Waals surface area contributed by atoms with E-state index >= 15 is 0 Å². The summed E-state index contributed by atoms with van der Waals surface area (Å²) in [5.41, 5.74) is 0. The lowest BCUT2D eigenvalue weighted by Crippen LogP contribution is -2.01. The van der Waals surface area contributed by atoms with Gasteiger partial charge in [-0.15, -0.1) is 0 Å². The fraction of sp³-hybridized carbons (Fsp3) is 0.600. The third kappa shape index (κ3) is 17.1. The van der Waals surface area contributed by atoms with Gasteiger partial charge in [-0.25, -0.2) is 0 Å². The fourth-order valence-corrected chi connectivity index (χ4v) is 2.05. The molecule has 0 aromatic carbocycles. The number of hydrogen-bond donors (Lipinski definition) is 1. The molecule has 0 saturated carbocycles. The lowest BCUT2D eigenvalue weighted by molar-refractivity contribution is 0.483. The van der Waals surface area contributed by atoms with Crippen LogP contribution in [0.4, 0.5) is 0 Å². The molecule has 0 amide bonds. The average Bonchev–Trinajstić information content (AvgIpc) is 2.34. The van der Waals surface area contributed by atoms with Crippen molar-refractivity contribution >= 4 is 10.1 Å². The van der Waals surface area contributed by atoms with E-state index in [0.717, 1.165) is 6.42 Å². The maximum Gasteiger partial charge on any atom is 0.265 e. The molecule has 0 unspecified atom stereocenters. The van der Waals surface area contributed by atoms with Crippen LogP contribution in [0.3, 0.4) is 0 Å². The van der Waals surface area contributed by atoms with Crippen molar-refractivity contribution in [3.05, 3.63) is 36.5 Å². The van der Waals surface area contributed by atoms with Crippen LogP contribution in [0.15, 0.2) is 36.5 Å². The highest BCUT2D eigenvalue weighted by Crippen LogP contribution is 2.06. The minimum absolute atomic E-state index is 0.205. The zero-order valence-electron chi connectivity index (χ0n) is 11.8. The Kier molecular flexibility index (Phi) is 11.6. The van der Waals surface area contributed by atoms with Gasteiger partial charge in [-0.3, -0.25) is 4.55 Å². The van der Waals surface area contributed by atoms with Gasteiger partial charge in [0, 0.05) is 0 Å². The van der Waals surface area contributed by atoms with Gasteiger partial charge in [0.15, 0.2) is 0 Å². The van der Waals surface area contributed by atoms with Crippen molar-refractivity contribution in [2.75, 3.05) is 5.75 Å². The maximum atomic E-state index is 10.4. The first-order valence-corrected chi connectivity index (χ1v) is 8.55. The van der Waals surface area contributed by atoms with Crippen molar-refractivity contribution < 1.29 is 13.0 Å². The van der Waals surface area contributed by atoms with Crippen molar-refractivity contribution in [3.8, 4) is 0 Å². The molecule has 19 heavy (non-hydrogen) atoms. The molecule has 0 spiro atoms. The Balaban J connectivity index is 3.36. The summed E-state index contributed by atoms with van der Waals surface area (Å²) in [5.74, 6) is -0.205. The van der Waals surface area contributed by atoms with E-state index in [1.807, 2.05) is 19.1 Å². The molecule has 1 N–H and O–H groups in total. The summed E-state index contributed by atoms with van der Waals surface area (Å²) in [4.78, 5) is 0. The highest BCUT2D eigenvalue weighted by Gasteiger charge is 1.99. The quantitative estimate of drug-likeness (QED) is 0.267. The predicted octanol–water partition coefficient (Wildman–Crippen LogP) is 4.29. The summed E-state index contributed by atoms with van der Waals surface area (Å²) in [6.45, 7) is 2.05. The van der Waals surface area contributed by atoms with Crippen LogP contribution in [0.25, 0.3) is 0 Å². The van der Waals surface area contributed by atoms with E-state index < -0.39 is 10.1 Å². The van der Waals surface area contributed by atoms with Crippen LogP contribution >= 0.6 is 0 Å². The standard InChI is InChI=1S/C15H26O3S/c1-2-3-4-5-6-7-8-9-10-11-12-13-14-15-19(16,17)18/h2-3,10-13H,4-9,14-15H2,1H3,(H,16,17,18)/b3-2+,11-10+,13-12+. The van der Waals surface area contributed by atoms with E-state index in [1.54, 1.807) is 6.08 Å². The lowest BCUT2D eigenvalue weighted by Gasteiger charge is -1.96. The van der Waals surface area contributed by atoms with Crippen molar-refractivity contribution in [2.24, 2.45) is 0 Å². The van der Waals surface area contributed by atoms with Crippen LogP contribution < -0.4 is 0 Å². The molecule has 0 aliphatic heterocycles. The molecule has 0 heterocycles. The van der Waals surface area contributed by atoms with Crippen LogP contribution in [0.2, 0.25) is 0 Å². The predicted molar refractivity (Wildman–Crippen MR) is 81.8 cm³/mol. The van der Waals surface area contributed by atoms with E-state index in [2.05, 4.69) is 18.2 Å². The monoisotopic (exact) mass is 286 g/mol. The minimum Gasteiger partial charge on any atom is -0.286 e. The highest BCUT2D eigenvalue weighted by atomic mass is 32.2. The van der Waals surface area contributed by atoms with Crippen LogP contribution in [0.5, 0.6) is 0 Å². The summed E-state index contributed by atoms with van der Waals surface area (Å²) in [6.07, 6.45) is 19.5. The summed E-state index contributed by atoms with van der Waals surface area (Å²) >= 11 is 0. The molecule has 0 rings (SSSR count). The zero-order chi connectivity index (χ0) is 14.4. The van der Waals surface area contributed by atoms with Gasteiger partial charge in [-0.1, -0.05) is 49.3 Å². The first-order valence-electron chi connectivity index (χ1n) is 6.94. The third-order valence-corrected chi connectivity index (χ3v) is 3.40. The van der Waals surface area contributed by atoms with E-state index in [9.17, 15) is 8.42 Å². The molecule has 0 fully saturated rings. The minimum atomic E-state index is -3.82. The Morgan fingerprint density at radius 1 is 0.842 bits per heavy atom. The number of hydrogen-bond acceptors (Lipinski definition) is 2. The molecular weight excluding hydrogens is 260 g/mol.